The van der Waals surface area contributed by atoms with Crippen molar-refractivity contribution in [3.63, 3.8) is 0 Å². The van der Waals surface area contributed by atoms with Gasteiger partial charge >= 0.3 is 0 Å². The molecule has 0 radical (unpaired) electrons. The smallest absolute Gasteiger partial charge is 0.218 e. The van der Waals surface area contributed by atoms with Crippen LogP contribution < -0.4 is 5.73 Å². The van der Waals surface area contributed by atoms with Gasteiger partial charge < -0.3 is 10.8 Å². The van der Waals surface area contributed by atoms with Gasteiger partial charge in [0.1, 0.15) is 0 Å². The molecule has 0 aromatic carbocycles. The highest BCUT2D eigenvalue weighted by Crippen LogP contribution is 2.13. The number of thioether (sulfide) groups is 1. The predicted molar refractivity (Wildman–Crippen MR) is 49.4 cm³/mol. The van der Waals surface area contributed by atoms with Crippen LogP contribution in [0.3, 0.4) is 0 Å². The summed E-state index contributed by atoms with van der Waals surface area (Å²) in [5, 5.41) is 20.1. The second-order valence-corrected chi connectivity index (χ2v) is 3.54. The molecule has 1 aromatic rings. The minimum atomic E-state index is -0.348. The van der Waals surface area contributed by atoms with E-state index in [1.165, 1.54) is 16.4 Å². The van der Waals surface area contributed by atoms with Gasteiger partial charge in [-0.3, -0.25) is 4.79 Å². The van der Waals surface area contributed by atoms with Crippen molar-refractivity contribution in [1.29, 1.82) is 0 Å². The monoisotopic (exact) mass is 217 g/mol. The molecule has 0 saturated carbocycles. The van der Waals surface area contributed by atoms with E-state index >= 15 is 0 Å². The highest BCUT2D eigenvalue weighted by Gasteiger charge is 2.06. The second-order valence-electron chi connectivity index (χ2n) is 2.47. The van der Waals surface area contributed by atoms with Crippen LogP contribution in [-0.2, 0) is 11.3 Å². The minimum Gasteiger partial charge on any atom is -0.394 e. The van der Waals surface area contributed by atoms with E-state index in [2.05, 4.69) is 15.5 Å². The van der Waals surface area contributed by atoms with Crippen LogP contribution >= 0.6 is 11.8 Å². The lowest BCUT2D eigenvalue weighted by Crippen LogP contribution is -2.11. The molecule has 3 N–H and O–H groups in total. The van der Waals surface area contributed by atoms with Crippen molar-refractivity contribution in [3.05, 3.63) is 0 Å². The third kappa shape index (κ3) is 3.30. The van der Waals surface area contributed by atoms with E-state index in [1.807, 2.05) is 0 Å². The third-order valence-electron chi connectivity index (χ3n) is 1.39. The zero-order valence-corrected chi connectivity index (χ0v) is 8.27. The van der Waals surface area contributed by atoms with Crippen LogP contribution in [0.2, 0.25) is 0 Å². The van der Waals surface area contributed by atoms with Crippen LogP contribution in [0.4, 0.5) is 0 Å². The lowest BCUT2D eigenvalue weighted by Gasteiger charge is -2.00. The maximum absolute atomic E-state index is 10.4. The Labute approximate surface area is 84.7 Å². The Kier molecular flexibility index (Phi) is 4.33. The molecule has 7 nitrogen and oxygen atoms in total. The van der Waals surface area contributed by atoms with E-state index in [4.69, 9.17) is 10.8 Å². The fourth-order valence-corrected chi connectivity index (χ4v) is 1.63. The Bertz CT molecular complexity index is 302. The number of carbonyl (C=O) groups excluding carboxylic acids is 1. The van der Waals surface area contributed by atoms with Gasteiger partial charge in [-0.25, -0.2) is 4.68 Å². The molecule has 0 atom stereocenters. The summed E-state index contributed by atoms with van der Waals surface area (Å²) in [5.74, 6) is 0.194. The van der Waals surface area contributed by atoms with Gasteiger partial charge in [0.05, 0.1) is 13.2 Å². The molecule has 14 heavy (non-hydrogen) atoms. The lowest BCUT2D eigenvalue weighted by molar-refractivity contribution is -0.117. The van der Waals surface area contributed by atoms with Gasteiger partial charge in [0, 0.05) is 12.2 Å². The van der Waals surface area contributed by atoms with Crippen LogP contribution in [0.5, 0.6) is 0 Å². The molecule has 0 aliphatic heterocycles. The minimum absolute atomic E-state index is 0.0194. The number of rotatable bonds is 6. The summed E-state index contributed by atoms with van der Waals surface area (Å²) in [4.78, 5) is 10.4. The average molecular weight is 217 g/mol. The van der Waals surface area contributed by atoms with Crippen LogP contribution in [0.25, 0.3) is 0 Å². The first-order valence-electron chi connectivity index (χ1n) is 4.02. The van der Waals surface area contributed by atoms with Gasteiger partial charge in [-0.2, -0.15) is 0 Å². The van der Waals surface area contributed by atoms with Crippen LogP contribution in [-0.4, -0.2) is 43.6 Å². The molecule has 0 aliphatic rings. The number of amides is 1. The Morgan fingerprint density at radius 3 is 3.07 bits per heavy atom. The number of hydrogen-bond acceptors (Lipinski definition) is 6. The molecule has 1 heterocycles. The lowest BCUT2D eigenvalue weighted by atomic mass is 10.5. The van der Waals surface area contributed by atoms with Crippen molar-refractivity contribution in [3.8, 4) is 0 Å². The summed E-state index contributed by atoms with van der Waals surface area (Å²) in [6, 6.07) is 0. The quantitative estimate of drug-likeness (QED) is 0.569. The second kappa shape index (κ2) is 5.55. The Hall–Kier alpha value is -1.15. The van der Waals surface area contributed by atoms with E-state index in [-0.39, 0.29) is 18.9 Å². The molecule has 0 aliphatic carbocycles. The first-order valence-corrected chi connectivity index (χ1v) is 5.00. The summed E-state index contributed by atoms with van der Waals surface area (Å²) in [5.41, 5.74) is 4.98. The third-order valence-corrected chi connectivity index (χ3v) is 2.35. The SMILES string of the molecule is NC(=O)CCSc1nnnn1CCO. The molecule has 8 heteroatoms. The van der Waals surface area contributed by atoms with Gasteiger partial charge in [-0.05, 0) is 10.4 Å². The molecule has 1 aromatic heterocycles. The summed E-state index contributed by atoms with van der Waals surface area (Å²) >= 11 is 1.34. The summed E-state index contributed by atoms with van der Waals surface area (Å²) < 4.78 is 1.48. The topological polar surface area (TPSA) is 107 Å². The van der Waals surface area contributed by atoms with Crippen molar-refractivity contribution in [2.75, 3.05) is 12.4 Å². The molecule has 1 amide bonds. The number of aliphatic hydroxyl groups excluding tert-OH is 1. The number of nitrogens with two attached hydrogens (primary N) is 1. The van der Waals surface area contributed by atoms with Gasteiger partial charge in [-0.1, -0.05) is 11.8 Å². The van der Waals surface area contributed by atoms with Crippen molar-refractivity contribution in [2.24, 2.45) is 5.73 Å². The zero-order valence-electron chi connectivity index (χ0n) is 7.46. The number of aromatic nitrogens is 4. The highest BCUT2D eigenvalue weighted by molar-refractivity contribution is 7.99. The molecule has 0 saturated heterocycles. The Morgan fingerprint density at radius 2 is 2.43 bits per heavy atom. The van der Waals surface area contributed by atoms with Crippen LogP contribution in [0.15, 0.2) is 5.16 Å². The fourth-order valence-electron chi connectivity index (χ4n) is 0.778. The van der Waals surface area contributed by atoms with Gasteiger partial charge in [-0.15, -0.1) is 5.10 Å². The number of aliphatic hydroxyl groups is 1. The van der Waals surface area contributed by atoms with E-state index in [0.717, 1.165) is 0 Å². The first kappa shape index (κ1) is 10.9. The summed E-state index contributed by atoms with van der Waals surface area (Å²) in [6.45, 7) is 0.334. The summed E-state index contributed by atoms with van der Waals surface area (Å²) in [7, 11) is 0. The number of primary amides is 1. The normalized spacial score (nSPS) is 10.4. The summed E-state index contributed by atoms with van der Waals surface area (Å²) in [6.07, 6.45) is 0.288. The van der Waals surface area contributed by atoms with E-state index < -0.39 is 0 Å². The standard InChI is InChI=1S/C6H11N5O2S/c7-5(13)1-4-14-6-8-9-10-11(6)2-3-12/h12H,1-4H2,(H2,7,13). The first-order chi connectivity index (χ1) is 6.74. The Balaban J connectivity index is 2.41. The highest BCUT2D eigenvalue weighted by atomic mass is 32.2. The van der Waals surface area contributed by atoms with E-state index in [1.54, 1.807) is 0 Å². The largest absolute Gasteiger partial charge is 0.394 e. The average Bonchev–Trinajstić information content (AvgIpc) is 2.53. The van der Waals surface area contributed by atoms with Crippen LogP contribution in [0.1, 0.15) is 6.42 Å². The molecule has 0 bridgehead atoms. The fraction of sp³-hybridized carbons (Fsp3) is 0.667. The molecule has 1 rings (SSSR count). The zero-order chi connectivity index (χ0) is 10.4. The Morgan fingerprint density at radius 1 is 1.64 bits per heavy atom. The predicted octanol–water partition coefficient (Wildman–Crippen LogP) is -1.37. The van der Waals surface area contributed by atoms with Crippen molar-refractivity contribution < 1.29 is 9.90 Å². The maximum Gasteiger partial charge on any atom is 0.218 e. The van der Waals surface area contributed by atoms with Crippen LogP contribution in [0, 0.1) is 0 Å². The number of hydrogen-bond donors (Lipinski definition) is 2. The van der Waals surface area contributed by atoms with Crippen molar-refractivity contribution >= 4 is 17.7 Å². The van der Waals surface area contributed by atoms with Gasteiger partial charge in [0.2, 0.25) is 11.1 Å². The number of carbonyl (C=O) groups is 1. The molecule has 0 spiro atoms. The molecule has 0 fully saturated rings. The number of tetrazole rings is 1. The van der Waals surface area contributed by atoms with Gasteiger partial charge in [0.25, 0.3) is 0 Å². The van der Waals surface area contributed by atoms with E-state index in [0.29, 0.717) is 17.5 Å². The molecular weight excluding hydrogens is 206 g/mol. The van der Waals surface area contributed by atoms with Gasteiger partial charge in [0.15, 0.2) is 0 Å². The van der Waals surface area contributed by atoms with Crippen molar-refractivity contribution in [1.82, 2.24) is 20.2 Å². The molecule has 0 unspecified atom stereocenters. The molecular formula is C6H11N5O2S. The van der Waals surface area contributed by atoms with Crippen molar-refractivity contribution in [2.45, 2.75) is 18.1 Å². The van der Waals surface area contributed by atoms with E-state index in [9.17, 15) is 4.79 Å². The molecule has 78 valence electrons. The number of nitrogens with zero attached hydrogens (tertiary/aromatic N) is 4. The maximum atomic E-state index is 10.4.